The van der Waals surface area contributed by atoms with Gasteiger partial charge in [0.25, 0.3) is 11.8 Å². The minimum absolute atomic E-state index is 0.00169. The van der Waals surface area contributed by atoms with Crippen LogP contribution in [0.5, 0.6) is 5.75 Å². The molecule has 2 aromatic carbocycles. The normalized spacial score (nSPS) is 19.6. The number of likely N-dealkylation sites (tertiary alicyclic amines) is 1. The fourth-order valence-electron chi connectivity index (χ4n) is 5.26. The first kappa shape index (κ1) is 22.9. The molecule has 7 nitrogen and oxygen atoms in total. The van der Waals surface area contributed by atoms with Gasteiger partial charge in [-0.05, 0) is 55.0 Å². The third-order valence-electron chi connectivity index (χ3n) is 7.12. The Kier molecular flexibility index (Phi) is 6.83. The number of piperidine rings is 1. The lowest BCUT2D eigenvalue weighted by molar-refractivity contribution is 0.0501. The molecule has 2 amide bonds. The number of hydrogen-bond donors (Lipinski definition) is 1. The molecule has 1 N–H and O–H groups in total. The van der Waals surface area contributed by atoms with E-state index in [1.165, 1.54) is 11.1 Å². The first-order valence-corrected chi connectivity index (χ1v) is 12.4. The van der Waals surface area contributed by atoms with Crippen LogP contribution in [-0.2, 0) is 13.0 Å². The van der Waals surface area contributed by atoms with Crippen LogP contribution in [0.15, 0.2) is 42.5 Å². The fourth-order valence-corrected chi connectivity index (χ4v) is 5.26. The maximum absolute atomic E-state index is 13.2. The second-order valence-electron chi connectivity index (χ2n) is 9.57. The van der Waals surface area contributed by atoms with Crippen LogP contribution in [0.4, 0.5) is 0 Å². The lowest BCUT2D eigenvalue weighted by Crippen LogP contribution is -2.44. The van der Waals surface area contributed by atoms with Gasteiger partial charge in [-0.15, -0.1) is 0 Å². The minimum atomic E-state index is -0.643. The van der Waals surface area contributed by atoms with E-state index in [4.69, 9.17) is 4.74 Å². The van der Waals surface area contributed by atoms with Crippen molar-refractivity contribution in [3.63, 3.8) is 0 Å². The molecule has 3 heterocycles. The number of aliphatic hydroxyl groups is 1. The van der Waals surface area contributed by atoms with Crippen molar-refractivity contribution in [2.75, 3.05) is 45.9 Å². The molecule has 3 aliphatic rings. The fraction of sp³-hybridized carbons (Fsp3) is 0.481. The molecule has 0 bridgehead atoms. The maximum atomic E-state index is 13.2. The van der Waals surface area contributed by atoms with Gasteiger partial charge in [0.1, 0.15) is 12.4 Å². The molecule has 34 heavy (non-hydrogen) atoms. The second kappa shape index (κ2) is 10.2. The number of carbonyl (C=O) groups is 2. The minimum Gasteiger partial charge on any atom is -0.491 e. The summed E-state index contributed by atoms with van der Waals surface area (Å²) in [7, 11) is 0. The van der Waals surface area contributed by atoms with Gasteiger partial charge in [-0.25, -0.2) is 0 Å². The van der Waals surface area contributed by atoms with Crippen molar-refractivity contribution >= 4 is 11.8 Å². The molecule has 0 radical (unpaired) electrons. The van der Waals surface area contributed by atoms with Crippen LogP contribution in [-0.4, -0.2) is 83.6 Å². The zero-order valence-corrected chi connectivity index (χ0v) is 19.6. The molecule has 180 valence electrons. The highest BCUT2D eigenvalue weighted by Gasteiger charge is 2.28. The molecule has 3 aliphatic heterocycles. The summed E-state index contributed by atoms with van der Waals surface area (Å²) in [6.07, 6.45) is 3.57. The van der Waals surface area contributed by atoms with Crippen LogP contribution in [0, 0.1) is 0 Å². The second-order valence-corrected chi connectivity index (χ2v) is 9.57. The van der Waals surface area contributed by atoms with Crippen molar-refractivity contribution in [3.05, 3.63) is 64.7 Å². The van der Waals surface area contributed by atoms with Crippen LogP contribution in [0.1, 0.15) is 51.1 Å². The van der Waals surface area contributed by atoms with Gasteiger partial charge >= 0.3 is 0 Å². The van der Waals surface area contributed by atoms with Gasteiger partial charge in [0.05, 0.1) is 18.2 Å². The number of β-amino-alcohol motifs (C(OH)–C–C–N with tert-alkyl or cyclic N) is 1. The third kappa shape index (κ3) is 4.95. The maximum Gasteiger partial charge on any atom is 0.257 e. The Morgan fingerprint density at radius 2 is 1.76 bits per heavy atom. The lowest BCUT2D eigenvalue weighted by Gasteiger charge is -2.32. The molecule has 7 heteroatoms. The molecule has 1 saturated heterocycles. The summed E-state index contributed by atoms with van der Waals surface area (Å²) in [6.45, 7) is 4.81. The molecule has 2 aromatic rings. The zero-order chi connectivity index (χ0) is 23.5. The van der Waals surface area contributed by atoms with Crippen molar-refractivity contribution in [2.24, 2.45) is 0 Å². The zero-order valence-electron chi connectivity index (χ0n) is 19.6. The van der Waals surface area contributed by atoms with Gasteiger partial charge in [0.2, 0.25) is 0 Å². The van der Waals surface area contributed by atoms with Gasteiger partial charge in [-0.3, -0.25) is 14.5 Å². The Morgan fingerprint density at radius 1 is 0.971 bits per heavy atom. The van der Waals surface area contributed by atoms with E-state index in [-0.39, 0.29) is 18.4 Å². The molecule has 0 spiro atoms. The summed E-state index contributed by atoms with van der Waals surface area (Å²) in [4.78, 5) is 31.9. The molecule has 0 aliphatic carbocycles. The number of amides is 2. The van der Waals surface area contributed by atoms with E-state index in [2.05, 4.69) is 29.2 Å². The van der Waals surface area contributed by atoms with E-state index in [1.807, 2.05) is 4.90 Å². The number of rotatable bonds is 5. The number of hydrogen-bond acceptors (Lipinski definition) is 5. The lowest BCUT2D eigenvalue weighted by atomic mass is 10.00. The molecule has 1 unspecified atom stereocenters. The molecule has 0 aromatic heterocycles. The molecule has 1 atom stereocenters. The monoisotopic (exact) mass is 463 g/mol. The smallest absolute Gasteiger partial charge is 0.257 e. The van der Waals surface area contributed by atoms with Gasteiger partial charge in [-0.1, -0.05) is 24.3 Å². The summed E-state index contributed by atoms with van der Waals surface area (Å²) in [5.74, 6) is 0.295. The Balaban J connectivity index is 1.22. The van der Waals surface area contributed by atoms with E-state index in [0.717, 1.165) is 51.9 Å². The number of nitrogens with zero attached hydrogens (tertiary/aromatic N) is 3. The average Bonchev–Trinajstić information content (AvgIpc) is 3.02. The SMILES string of the molecule is O=C(c1ccc2c(c1)OCCN(CC(O)CN1CCc3ccccc3C1)C2=O)N1CCCCC1. The van der Waals surface area contributed by atoms with E-state index >= 15 is 0 Å². The van der Waals surface area contributed by atoms with Gasteiger partial charge in [0, 0.05) is 44.8 Å². The van der Waals surface area contributed by atoms with E-state index < -0.39 is 6.10 Å². The van der Waals surface area contributed by atoms with Crippen LogP contribution < -0.4 is 4.74 Å². The first-order chi connectivity index (χ1) is 16.6. The summed E-state index contributed by atoms with van der Waals surface area (Å²) < 4.78 is 5.87. The highest BCUT2D eigenvalue weighted by Crippen LogP contribution is 2.26. The highest BCUT2D eigenvalue weighted by atomic mass is 16.5. The van der Waals surface area contributed by atoms with Gasteiger partial charge in [0.15, 0.2) is 0 Å². The van der Waals surface area contributed by atoms with Gasteiger partial charge < -0.3 is 19.6 Å². The Bertz CT molecular complexity index is 1050. The van der Waals surface area contributed by atoms with Crippen LogP contribution in [0.3, 0.4) is 0 Å². The van der Waals surface area contributed by atoms with Crippen molar-refractivity contribution in [3.8, 4) is 5.75 Å². The molecule has 5 rings (SSSR count). The molecule has 0 saturated carbocycles. The standard InChI is InChI=1S/C27H33N3O4/c31-23(18-28-13-10-20-6-2-3-7-22(20)17-28)19-30-14-15-34-25-16-21(8-9-24(25)27(30)33)26(32)29-11-4-1-5-12-29/h2-3,6-9,16,23,31H,1,4-5,10-15,17-19H2. The average molecular weight is 464 g/mol. The Hall–Kier alpha value is -2.90. The van der Waals surface area contributed by atoms with Crippen molar-refractivity contribution < 1.29 is 19.4 Å². The third-order valence-corrected chi connectivity index (χ3v) is 7.12. The van der Waals surface area contributed by atoms with Crippen molar-refractivity contribution in [1.82, 2.24) is 14.7 Å². The summed E-state index contributed by atoms with van der Waals surface area (Å²) >= 11 is 0. The summed E-state index contributed by atoms with van der Waals surface area (Å²) in [5.41, 5.74) is 3.70. The van der Waals surface area contributed by atoms with E-state index in [9.17, 15) is 14.7 Å². The molecular formula is C27H33N3O4. The predicted molar refractivity (Wildman–Crippen MR) is 129 cm³/mol. The predicted octanol–water partition coefficient (Wildman–Crippen LogP) is 2.57. The quantitative estimate of drug-likeness (QED) is 0.738. The Labute approximate surface area is 200 Å². The largest absolute Gasteiger partial charge is 0.491 e. The number of ether oxygens (including phenoxy) is 1. The number of fused-ring (bicyclic) bond motifs is 2. The molecule has 1 fully saturated rings. The van der Waals surface area contributed by atoms with Crippen LogP contribution in [0.25, 0.3) is 0 Å². The number of benzene rings is 2. The number of carbonyl (C=O) groups excluding carboxylic acids is 2. The molecular weight excluding hydrogens is 430 g/mol. The summed E-state index contributed by atoms with van der Waals surface area (Å²) in [5, 5.41) is 10.8. The van der Waals surface area contributed by atoms with Gasteiger partial charge in [-0.2, -0.15) is 0 Å². The van der Waals surface area contributed by atoms with E-state index in [1.54, 1.807) is 23.1 Å². The van der Waals surface area contributed by atoms with E-state index in [0.29, 0.717) is 36.6 Å². The summed E-state index contributed by atoms with van der Waals surface area (Å²) in [6, 6.07) is 13.6. The highest BCUT2D eigenvalue weighted by molar-refractivity contribution is 6.00. The Morgan fingerprint density at radius 3 is 2.59 bits per heavy atom. The first-order valence-electron chi connectivity index (χ1n) is 12.4. The van der Waals surface area contributed by atoms with Crippen LogP contribution in [0.2, 0.25) is 0 Å². The topological polar surface area (TPSA) is 73.3 Å². The van der Waals surface area contributed by atoms with Crippen molar-refractivity contribution in [2.45, 2.75) is 38.3 Å². The van der Waals surface area contributed by atoms with Crippen LogP contribution >= 0.6 is 0 Å². The number of aliphatic hydroxyl groups excluding tert-OH is 1. The van der Waals surface area contributed by atoms with Crippen molar-refractivity contribution in [1.29, 1.82) is 0 Å².